The molecule has 0 radical (unpaired) electrons. The summed E-state index contributed by atoms with van der Waals surface area (Å²) in [4.78, 5) is 29.0. The molecule has 1 fully saturated rings. The number of nitrogens with zero attached hydrogens (tertiary/aromatic N) is 2. The van der Waals surface area contributed by atoms with E-state index in [4.69, 9.17) is 9.47 Å². The summed E-state index contributed by atoms with van der Waals surface area (Å²) in [5.74, 6) is 1.46. The van der Waals surface area contributed by atoms with Crippen LogP contribution in [0.25, 0.3) is 0 Å². The van der Waals surface area contributed by atoms with Crippen LogP contribution in [0.3, 0.4) is 0 Å². The smallest absolute Gasteiger partial charge is 0.231 e. The molecule has 1 aromatic carbocycles. The highest BCUT2D eigenvalue weighted by Gasteiger charge is 2.38. The average molecular weight is 346 g/mol. The highest BCUT2D eigenvalue weighted by atomic mass is 16.7. The molecule has 0 saturated carbocycles. The Morgan fingerprint density at radius 1 is 1.28 bits per heavy atom. The first-order valence-electron chi connectivity index (χ1n) is 8.92. The Morgan fingerprint density at radius 3 is 2.68 bits per heavy atom. The van der Waals surface area contributed by atoms with E-state index in [2.05, 4.69) is 20.8 Å². The van der Waals surface area contributed by atoms with Crippen LogP contribution in [-0.4, -0.2) is 42.6 Å². The summed E-state index contributed by atoms with van der Waals surface area (Å²) >= 11 is 0. The Kier molecular flexibility index (Phi) is 4.88. The van der Waals surface area contributed by atoms with Crippen LogP contribution in [0.15, 0.2) is 18.2 Å². The number of rotatable bonds is 5. The molecule has 2 heterocycles. The number of carbonyl (C=O) groups is 2. The monoisotopic (exact) mass is 346 g/mol. The first-order chi connectivity index (χ1) is 11.9. The molecule has 6 nitrogen and oxygen atoms in total. The van der Waals surface area contributed by atoms with Crippen molar-refractivity contribution in [3.63, 3.8) is 0 Å². The molecule has 2 aliphatic rings. The third-order valence-corrected chi connectivity index (χ3v) is 5.22. The molecule has 0 aliphatic carbocycles. The van der Waals surface area contributed by atoms with Crippen molar-refractivity contribution in [2.45, 2.75) is 40.2 Å². The van der Waals surface area contributed by atoms with Crippen molar-refractivity contribution in [1.82, 2.24) is 4.90 Å². The molecule has 0 N–H and O–H groups in total. The van der Waals surface area contributed by atoms with Gasteiger partial charge in [0.2, 0.25) is 18.6 Å². The summed E-state index contributed by atoms with van der Waals surface area (Å²) in [5.41, 5.74) is 0.754. The largest absolute Gasteiger partial charge is 0.454 e. The average Bonchev–Trinajstić information content (AvgIpc) is 3.20. The van der Waals surface area contributed by atoms with E-state index in [1.807, 2.05) is 17.9 Å². The Hall–Kier alpha value is -2.24. The fraction of sp³-hybridized carbons (Fsp3) is 0.579. The number of ether oxygens (including phenoxy) is 2. The second-order valence-electron chi connectivity index (χ2n) is 7.05. The van der Waals surface area contributed by atoms with Crippen LogP contribution in [0, 0.1) is 11.8 Å². The highest BCUT2D eigenvalue weighted by molar-refractivity contribution is 6.00. The Balaban J connectivity index is 1.74. The molecule has 1 saturated heterocycles. The maximum absolute atomic E-state index is 12.9. The molecule has 0 spiro atoms. The molecule has 6 heteroatoms. The Morgan fingerprint density at radius 2 is 2.00 bits per heavy atom. The van der Waals surface area contributed by atoms with Gasteiger partial charge in [0, 0.05) is 37.3 Å². The molecule has 2 aliphatic heterocycles. The highest BCUT2D eigenvalue weighted by Crippen LogP contribution is 2.37. The third-order valence-electron chi connectivity index (χ3n) is 5.22. The third kappa shape index (κ3) is 3.30. The van der Waals surface area contributed by atoms with E-state index in [1.165, 1.54) is 0 Å². The van der Waals surface area contributed by atoms with Crippen LogP contribution in [0.4, 0.5) is 5.69 Å². The molecule has 3 rings (SSSR count). The molecular weight excluding hydrogens is 320 g/mol. The van der Waals surface area contributed by atoms with Crippen molar-refractivity contribution >= 4 is 17.5 Å². The minimum Gasteiger partial charge on any atom is -0.454 e. The summed E-state index contributed by atoms with van der Waals surface area (Å²) in [5, 5.41) is 0. The molecule has 2 amide bonds. The number of anilines is 1. The van der Waals surface area contributed by atoms with E-state index in [1.54, 1.807) is 17.0 Å². The van der Waals surface area contributed by atoms with E-state index < -0.39 is 0 Å². The van der Waals surface area contributed by atoms with Crippen molar-refractivity contribution in [2.75, 3.05) is 24.8 Å². The van der Waals surface area contributed by atoms with Crippen LogP contribution < -0.4 is 14.4 Å². The quantitative estimate of drug-likeness (QED) is 0.822. The van der Waals surface area contributed by atoms with Gasteiger partial charge in [0.15, 0.2) is 11.5 Å². The lowest BCUT2D eigenvalue weighted by Gasteiger charge is -2.32. The normalized spacial score (nSPS) is 20.3. The van der Waals surface area contributed by atoms with Crippen LogP contribution in [0.5, 0.6) is 11.5 Å². The van der Waals surface area contributed by atoms with E-state index >= 15 is 0 Å². The van der Waals surface area contributed by atoms with Gasteiger partial charge in [-0.25, -0.2) is 0 Å². The van der Waals surface area contributed by atoms with Crippen molar-refractivity contribution < 1.29 is 19.1 Å². The maximum atomic E-state index is 12.9. The zero-order valence-corrected chi connectivity index (χ0v) is 15.3. The van der Waals surface area contributed by atoms with E-state index in [9.17, 15) is 9.59 Å². The lowest BCUT2D eigenvalue weighted by Crippen LogP contribution is -2.45. The molecule has 0 aromatic heterocycles. The molecule has 0 bridgehead atoms. The number of amides is 2. The van der Waals surface area contributed by atoms with Crippen molar-refractivity contribution in [3.8, 4) is 11.5 Å². The molecule has 25 heavy (non-hydrogen) atoms. The topological polar surface area (TPSA) is 59.1 Å². The van der Waals surface area contributed by atoms with Crippen LogP contribution in [0.1, 0.15) is 34.1 Å². The maximum Gasteiger partial charge on any atom is 0.231 e. The van der Waals surface area contributed by atoms with Crippen molar-refractivity contribution in [1.29, 1.82) is 0 Å². The second kappa shape index (κ2) is 6.94. The Bertz CT molecular complexity index is 673. The minimum absolute atomic E-state index is 0.0227. The summed E-state index contributed by atoms with van der Waals surface area (Å²) in [6.07, 6.45) is 0.259. The summed E-state index contributed by atoms with van der Waals surface area (Å²) < 4.78 is 10.7. The molecule has 2 atom stereocenters. The van der Waals surface area contributed by atoms with Gasteiger partial charge in [-0.2, -0.15) is 0 Å². The Labute approximate surface area is 148 Å². The van der Waals surface area contributed by atoms with Crippen molar-refractivity contribution in [3.05, 3.63) is 18.2 Å². The van der Waals surface area contributed by atoms with Crippen molar-refractivity contribution in [2.24, 2.45) is 11.8 Å². The molecule has 136 valence electrons. The van der Waals surface area contributed by atoms with Gasteiger partial charge < -0.3 is 19.3 Å². The summed E-state index contributed by atoms with van der Waals surface area (Å²) in [7, 11) is 0. The first-order valence-corrected chi connectivity index (χ1v) is 8.92. The zero-order chi connectivity index (χ0) is 18.1. The number of hydrogen-bond acceptors (Lipinski definition) is 4. The van der Waals surface area contributed by atoms with Crippen LogP contribution in [-0.2, 0) is 9.59 Å². The minimum atomic E-state index is -0.293. The van der Waals surface area contributed by atoms with Crippen LogP contribution >= 0.6 is 0 Å². The lowest BCUT2D eigenvalue weighted by molar-refractivity contribution is -0.138. The van der Waals surface area contributed by atoms with Gasteiger partial charge in [-0.05, 0) is 31.9 Å². The van der Waals surface area contributed by atoms with Gasteiger partial charge in [0.05, 0.1) is 5.92 Å². The van der Waals surface area contributed by atoms with Gasteiger partial charge in [0.25, 0.3) is 0 Å². The lowest BCUT2D eigenvalue weighted by atomic mass is 10.0. The van der Waals surface area contributed by atoms with E-state index in [-0.39, 0.29) is 37.0 Å². The van der Waals surface area contributed by atoms with Gasteiger partial charge in [0.1, 0.15) is 0 Å². The predicted octanol–water partition coefficient (Wildman–Crippen LogP) is 2.66. The summed E-state index contributed by atoms with van der Waals surface area (Å²) in [6.45, 7) is 9.55. The SMILES string of the molecule is CCN(C(=O)C1CC(=O)N(c2ccc3c(c2)OCO3)C1)C(C)C(C)C. The predicted molar refractivity (Wildman–Crippen MR) is 94.7 cm³/mol. The number of benzene rings is 1. The molecule has 1 aromatic rings. The fourth-order valence-corrected chi connectivity index (χ4v) is 3.41. The standard InChI is InChI=1S/C19H26N2O4/c1-5-20(13(4)12(2)3)19(23)14-8-18(22)21(10-14)15-6-7-16-17(9-15)25-11-24-16/h6-7,9,12-14H,5,8,10-11H2,1-4H3. The van der Waals surface area contributed by atoms with E-state index in [0.29, 0.717) is 30.5 Å². The zero-order valence-electron chi connectivity index (χ0n) is 15.3. The van der Waals surface area contributed by atoms with Gasteiger partial charge in [-0.1, -0.05) is 13.8 Å². The van der Waals surface area contributed by atoms with Gasteiger partial charge in [-0.3, -0.25) is 9.59 Å². The van der Waals surface area contributed by atoms with Crippen LogP contribution in [0.2, 0.25) is 0 Å². The molecule has 2 unspecified atom stereocenters. The fourth-order valence-electron chi connectivity index (χ4n) is 3.41. The second-order valence-corrected chi connectivity index (χ2v) is 7.05. The van der Waals surface area contributed by atoms with Gasteiger partial charge in [-0.15, -0.1) is 0 Å². The van der Waals surface area contributed by atoms with Gasteiger partial charge >= 0.3 is 0 Å². The summed E-state index contributed by atoms with van der Waals surface area (Å²) in [6, 6.07) is 5.61. The number of hydrogen-bond donors (Lipinski definition) is 0. The molecular formula is C19H26N2O4. The number of carbonyl (C=O) groups excluding carboxylic acids is 2. The first kappa shape index (κ1) is 17.6. The number of fused-ring (bicyclic) bond motifs is 1. The van der Waals surface area contributed by atoms with E-state index in [0.717, 1.165) is 5.69 Å².